The summed E-state index contributed by atoms with van der Waals surface area (Å²) in [5.74, 6) is -0.148. The zero-order valence-corrected chi connectivity index (χ0v) is 30.2. The Morgan fingerprint density at radius 2 is 0.778 bits per heavy atom. The van der Waals surface area contributed by atoms with Gasteiger partial charge in [0.25, 0.3) is 0 Å². The number of H-pyrrole nitrogens is 2. The van der Waals surface area contributed by atoms with Gasteiger partial charge in [0, 0.05) is 44.3 Å². The standard InChI is InChI=1S/C49H38N4O/c1-3-36-37(4-2)39-29-43-48(33-21-13-7-14-22-33)49(34-23-15-8-16-24-34)44(53-43)30-40-45(54)26-25-35(50-40)27-41-46(31-17-9-5-10-18-31)47(32-19-11-6-12-20-32)42(52-41)28-38(36)51-39/h5-30,52-53H,3-4H2,1-2H3. The lowest BCUT2D eigenvalue weighted by molar-refractivity contribution is 0.104. The zero-order chi connectivity index (χ0) is 36.6. The molecule has 0 saturated heterocycles. The Morgan fingerprint density at radius 3 is 1.15 bits per heavy atom. The summed E-state index contributed by atoms with van der Waals surface area (Å²) < 4.78 is 0. The van der Waals surface area contributed by atoms with E-state index in [9.17, 15) is 4.79 Å². The molecular weight excluding hydrogens is 661 g/mol. The van der Waals surface area contributed by atoms with Crippen molar-refractivity contribution in [1.29, 1.82) is 0 Å². The quantitative estimate of drug-likeness (QED) is 0.182. The number of nitrogens with zero attached hydrogens (tertiary/aromatic N) is 2. The van der Waals surface area contributed by atoms with Gasteiger partial charge in [0.05, 0.1) is 17.1 Å². The van der Waals surface area contributed by atoms with Gasteiger partial charge < -0.3 is 9.97 Å². The van der Waals surface area contributed by atoms with E-state index in [0.717, 1.165) is 90.8 Å². The molecule has 0 atom stereocenters. The molecule has 7 aromatic rings. The second-order valence-corrected chi connectivity index (χ2v) is 13.6. The van der Waals surface area contributed by atoms with Gasteiger partial charge in [-0.05, 0) is 82.7 Å². The van der Waals surface area contributed by atoms with Crippen LogP contribution in [0.25, 0.3) is 83.8 Å². The van der Waals surface area contributed by atoms with Crippen LogP contribution in [0.4, 0.5) is 0 Å². The van der Waals surface area contributed by atoms with E-state index in [0.29, 0.717) is 11.4 Å². The average molecular weight is 699 g/mol. The van der Waals surface area contributed by atoms with Gasteiger partial charge in [-0.1, -0.05) is 135 Å². The first kappa shape index (κ1) is 33.0. The van der Waals surface area contributed by atoms with Gasteiger partial charge in [-0.3, -0.25) is 4.79 Å². The molecule has 5 nitrogen and oxygen atoms in total. The van der Waals surface area contributed by atoms with Crippen molar-refractivity contribution in [3.63, 3.8) is 0 Å². The third kappa shape index (κ3) is 5.90. The fourth-order valence-electron chi connectivity index (χ4n) is 7.95. The smallest absolute Gasteiger partial charge is 0.204 e. The highest BCUT2D eigenvalue weighted by Crippen LogP contribution is 2.43. The monoisotopic (exact) mass is 698 g/mol. The van der Waals surface area contributed by atoms with Crippen LogP contribution in [0, 0.1) is 0 Å². The molecule has 260 valence electrons. The summed E-state index contributed by atoms with van der Waals surface area (Å²) in [6.07, 6.45) is 5.10. The molecule has 2 aliphatic rings. The van der Waals surface area contributed by atoms with Crippen molar-refractivity contribution in [1.82, 2.24) is 19.9 Å². The summed E-state index contributed by atoms with van der Waals surface area (Å²) in [5, 5.41) is 0. The van der Waals surface area contributed by atoms with Gasteiger partial charge in [0.2, 0.25) is 5.78 Å². The molecule has 0 saturated carbocycles. The number of carbonyl (C=O) groups excluding carboxylic acids is 1. The van der Waals surface area contributed by atoms with E-state index in [1.54, 1.807) is 12.2 Å². The predicted octanol–water partition coefficient (Wildman–Crippen LogP) is 12.6. The number of aromatic nitrogens is 4. The Hall–Kier alpha value is -6.85. The molecule has 0 fully saturated rings. The van der Waals surface area contributed by atoms with Crippen molar-refractivity contribution in [2.75, 3.05) is 0 Å². The third-order valence-corrected chi connectivity index (χ3v) is 10.3. The van der Waals surface area contributed by atoms with Gasteiger partial charge in [-0.15, -0.1) is 0 Å². The fourth-order valence-corrected chi connectivity index (χ4v) is 7.95. The lowest BCUT2D eigenvalue weighted by atomic mass is 9.95. The van der Waals surface area contributed by atoms with E-state index in [2.05, 4.69) is 139 Å². The van der Waals surface area contributed by atoms with Crippen LogP contribution in [-0.4, -0.2) is 25.7 Å². The summed E-state index contributed by atoms with van der Waals surface area (Å²) >= 11 is 0. The Morgan fingerprint density at radius 1 is 0.426 bits per heavy atom. The Kier molecular flexibility index (Phi) is 8.52. The van der Waals surface area contributed by atoms with Crippen molar-refractivity contribution in [2.24, 2.45) is 0 Å². The maximum Gasteiger partial charge on any atom is 0.204 e. The Labute approximate surface area is 314 Å². The second kappa shape index (κ2) is 13.9. The Balaban J connectivity index is 1.49. The normalized spacial score (nSPS) is 12.7. The molecule has 0 spiro atoms. The molecule has 2 aliphatic heterocycles. The number of ketones is 1. The van der Waals surface area contributed by atoms with Gasteiger partial charge in [-0.25, -0.2) is 9.97 Å². The van der Waals surface area contributed by atoms with Crippen molar-refractivity contribution < 1.29 is 4.79 Å². The van der Waals surface area contributed by atoms with Crippen molar-refractivity contribution >= 4 is 45.1 Å². The molecule has 8 bridgehead atoms. The number of nitrogens with one attached hydrogen (secondary N) is 2. The van der Waals surface area contributed by atoms with E-state index in [1.807, 2.05) is 30.3 Å². The fraction of sp³-hybridized carbons (Fsp3) is 0.0816. The lowest BCUT2D eigenvalue weighted by Crippen LogP contribution is -2.02. The first-order chi connectivity index (χ1) is 26.6. The maximum atomic E-state index is 13.6. The summed E-state index contributed by atoms with van der Waals surface area (Å²) in [5.41, 5.74) is 17.5. The number of hydrogen-bond acceptors (Lipinski definition) is 3. The van der Waals surface area contributed by atoms with Crippen LogP contribution in [0.2, 0.25) is 0 Å². The van der Waals surface area contributed by atoms with Crippen LogP contribution >= 0.6 is 0 Å². The highest BCUT2D eigenvalue weighted by molar-refractivity contribution is 6.10. The van der Waals surface area contributed by atoms with Crippen molar-refractivity contribution in [3.05, 3.63) is 174 Å². The Bertz CT molecular complexity index is 2770. The summed E-state index contributed by atoms with van der Waals surface area (Å²) in [7, 11) is 0. The van der Waals surface area contributed by atoms with E-state index < -0.39 is 0 Å². The van der Waals surface area contributed by atoms with Crippen molar-refractivity contribution in [2.45, 2.75) is 26.7 Å². The summed E-state index contributed by atoms with van der Waals surface area (Å²) in [6.45, 7) is 4.42. The molecule has 0 amide bonds. The molecular formula is C49H38N4O. The predicted molar refractivity (Wildman–Crippen MR) is 224 cm³/mol. The van der Waals surface area contributed by atoms with Crippen LogP contribution in [0.3, 0.4) is 0 Å². The third-order valence-electron chi connectivity index (χ3n) is 10.3. The molecule has 9 rings (SSSR count). The molecule has 0 unspecified atom stereocenters. The summed E-state index contributed by atoms with van der Waals surface area (Å²) in [6, 6.07) is 50.2. The minimum atomic E-state index is -0.148. The molecule has 0 radical (unpaired) electrons. The largest absolute Gasteiger partial charge is 0.354 e. The van der Waals surface area contributed by atoms with Crippen LogP contribution in [0.15, 0.2) is 152 Å². The molecule has 5 heteroatoms. The average Bonchev–Trinajstić information content (AvgIpc) is 3.87. The molecule has 2 N–H and O–H groups in total. The highest BCUT2D eigenvalue weighted by Gasteiger charge is 2.22. The van der Waals surface area contributed by atoms with Gasteiger partial charge in [-0.2, -0.15) is 0 Å². The van der Waals surface area contributed by atoms with Gasteiger partial charge in [0.1, 0.15) is 5.69 Å². The number of fused-ring (bicyclic) bond motifs is 8. The van der Waals surface area contributed by atoms with Crippen LogP contribution < -0.4 is 0 Å². The van der Waals surface area contributed by atoms with E-state index in [-0.39, 0.29) is 5.78 Å². The topological polar surface area (TPSA) is 74.4 Å². The van der Waals surface area contributed by atoms with Crippen LogP contribution in [-0.2, 0) is 0 Å². The number of benzene rings is 4. The van der Waals surface area contributed by atoms with Crippen molar-refractivity contribution in [3.8, 4) is 44.5 Å². The zero-order valence-electron chi connectivity index (χ0n) is 30.2. The summed E-state index contributed by atoms with van der Waals surface area (Å²) in [4.78, 5) is 31.6. The molecule has 3 aromatic heterocycles. The molecule has 0 aliphatic carbocycles. The number of rotatable bonds is 6. The minimum Gasteiger partial charge on any atom is -0.354 e. The van der Waals surface area contributed by atoms with E-state index in [4.69, 9.17) is 9.97 Å². The van der Waals surface area contributed by atoms with Gasteiger partial charge >= 0.3 is 0 Å². The highest BCUT2D eigenvalue weighted by atomic mass is 16.1. The number of allylic oxidation sites excluding steroid dienone is 3. The number of carbonyl (C=O) groups is 1. The first-order valence-electron chi connectivity index (χ1n) is 18.6. The molecule has 54 heavy (non-hydrogen) atoms. The number of hydrogen-bond donors (Lipinski definition) is 2. The molecule has 5 heterocycles. The SMILES string of the molecule is CCC1=C(CC)c2cc3[nH]c(cc4nc(cc5[nH]c(cc1n2)c(-c1ccccc1)c5-c1ccccc1)C=CC4=O)c(-c1ccccc1)c3-c1ccccc1. The lowest BCUT2D eigenvalue weighted by Gasteiger charge is -2.07. The number of aromatic amines is 2. The first-order valence-corrected chi connectivity index (χ1v) is 18.6. The second-order valence-electron chi connectivity index (χ2n) is 13.6. The minimum absolute atomic E-state index is 0.148. The van der Waals surface area contributed by atoms with Crippen LogP contribution in [0.5, 0.6) is 0 Å². The van der Waals surface area contributed by atoms with Crippen LogP contribution in [0.1, 0.15) is 54.3 Å². The molecule has 4 aromatic carbocycles. The van der Waals surface area contributed by atoms with Gasteiger partial charge in [0.15, 0.2) is 0 Å². The maximum absolute atomic E-state index is 13.6. The van der Waals surface area contributed by atoms with E-state index in [1.165, 1.54) is 11.1 Å². The van der Waals surface area contributed by atoms with E-state index >= 15 is 0 Å².